The van der Waals surface area contributed by atoms with E-state index in [-0.39, 0.29) is 22.0 Å². The average Bonchev–Trinajstić information content (AvgIpc) is 2.82. The molecule has 8 nitrogen and oxygen atoms in total. The lowest BCUT2D eigenvalue weighted by Gasteiger charge is -2.32. The first-order valence-electron chi connectivity index (χ1n) is 7.66. The predicted octanol–water partition coefficient (Wildman–Crippen LogP) is -0.0925. The van der Waals surface area contributed by atoms with Crippen molar-refractivity contribution in [2.75, 3.05) is 6.54 Å². The SMILES string of the molecule is CC1CCCCN1S(=O)(=O)c1ccc2c(c1)oc(=O)n2CC(=O)[O-]. The standard InChI is InChI=1S/C15H18N2O6S/c1-10-4-2-3-7-17(10)24(21,22)11-5-6-12-13(8-11)23-15(20)16(12)9-14(18)19/h5-6,8,10H,2-4,7,9H2,1H3,(H,18,19)/p-1. The Hall–Kier alpha value is -2.13. The number of sulfonamides is 1. The van der Waals surface area contributed by atoms with E-state index >= 15 is 0 Å². The van der Waals surface area contributed by atoms with Crippen molar-refractivity contribution >= 4 is 27.1 Å². The lowest BCUT2D eigenvalue weighted by atomic mass is 10.1. The lowest BCUT2D eigenvalue weighted by Crippen LogP contribution is -2.41. The predicted molar refractivity (Wildman–Crippen MR) is 82.7 cm³/mol. The highest BCUT2D eigenvalue weighted by molar-refractivity contribution is 7.89. The molecule has 0 amide bonds. The monoisotopic (exact) mass is 353 g/mol. The molecule has 1 atom stereocenters. The molecule has 1 unspecified atom stereocenters. The molecule has 2 heterocycles. The largest absolute Gasteiger partial charge is 0.548 e. The number of fused-ring (bicyclic) bond motifs is 1. The third-order valence-electron chi connectivity index (χ3n) is 4.28. The second kappa shape index (κ2) is 6.06. The van der Waals surface area contributed by atoms with Crippen molar-refractivity contribution in [3.63, 3.8) is 0 Å². The molecule has 0 spiro atoms. The topological polar surface area (TPSA) is 113 Å². The van der Waals surface area contributed by atoms with E-state index in [0.717, 1.165) is 23.8 Å². The minimum absolute atomic E-state index is 0.0260. The summed E-state index contributed by atoms with van der Waals surface area (Å²) < 4.78 is 32.9. The van der Waals surface area contributed by atoms with Crippen LogP contribution in [0.4, 0.5) is 0 Å². The third-order valence-corrected chi connectivity index (χ3v) is 6.29. The van der Waals surface area contributed by atoms with Crippen LogP contribution in [0.25, 0.3) is 11.1 Å². The first-order chi connectivity index (χ1) is 11.3. The van der Waals surface area contributed by atoms with Crippen molar-refractivity contribution in [1.29, 1.82) is 0 Å². The van der Waals surface area contributed by atoms with E-state index in [4.69, 9.17) is 4.42 Å². The van der Waals surface area contributed by atoms with Crippen molar-refractivity contribution in [3.05, 3.63) is 28.7 Å². The summed E-state index contributed by atoms with van der Waals surface area (Å²) in [5.41, 5.74) is 0.252. The average molecular weight is 353 g/mol. The Morgan fingerprint density at radius 1 is 1.38 bits per heavy atom. The molecule has 0 N–H and O–H groups in total. The van der Waals surface area contributed by atoms with Crippen LogP contribution in [-0.2, 0) is 21.4 Å². The van der Waals surface area contributed by atoms with Crippen LogP contribution in [-0.4, -0.2) is 35.8 Å². The molecule has 1 saturated heterocycles. The van der Waals surface area contributed by atoms with Crippen LogP contribution >= 0.6 is 0 Å². The maximum atomic E-state index is 12.8. The van der Waals surface area contributed by atoms with Crippen LogP contribution in [0.15, 0.2) is 32.3 Å². The minimum Gasteiger partial charge on any atom is -0.548 e. The van der Waals surface area contributed by atoms with Gasteiger partial charge in [0.25, 0.3) is 0 Å². The maximum Gasteiger partial charge on any atom is 0.420 e. The van der Waals surface area contributed by atoms with E-state index in [2.05, 4.69) is 0 Å². The van der Waals surface area contributed by atoms with Crippen molar-refractivity contribution in [1.82, 2.24) is 8.87 Å². The zero-order valence-corrected chi connectivity index (χ0v) is 13.9. The number of hydrogen-bond acceptors (Lipinski definition) is 6. The summed E-state index contributed by atoms with van der Waals surface area (Å²) >= 11 is 0. The second-order valence-corrected chi connectivity index (χ2v) is 7.81. The smallest absolute Gasteiger partial charge is 0.420 e. The van der Waals surface area contributed by atoms with Gasteiger partial charge in [0.05, 0.1) is 22.9 Å². The normalized spacial score (nSPS) is 19.6. The second-order valence-electron chi connectivity index (χ2n) is 5.92. The fourth-order valence-electron chi connectivity index (χ4n) is 3.05. The lowest BCUT2D eigenvalue weighted by molar-refractivity contribution is -0.306. The van der Waals surface area contributed by atoms with Crippen molar-refractivity contribution in [2.24, 2.45) is 0 Å². The summed E-state index contributed by atoms with van der Waals surface area (Å²) in [6, 6.07) is 3.91. The Morgan fingerprint density at radius 3 is 2.79 bits per heavy atom. The molecule has 130 valence electrons. The third kappa shape index (κ3) is 2.84. The van der Waals surface area contributed by atoms with Gasteiger partial charge in [-0.1, -0.05) is 6.42 Å². The van der Waals surface area contributed by atoms with Crippen LogP contribution < -0.4 is 10.9 Å². The number of carboxylic acids is 1. The van der Waals surface area contributed by atoms with Crippen LogP contribution in [0.1, 0.15) is 26.2 Å². The Kier molecular flexibility index (Phi) is 4.22. The van der Waals surface area contributed by atoms with E-state index in [0.29, 0.717) is 6.54 Å². The summed E-state index contributed by atoms with van der Waals surface area (Å²) in [6.45, 7) is 1.67. The Morgan fingerprint density at radius 2 is 2.12 bits per heavy atom. The molecule has 24 heavy (non-hydrogen) atoms. The first kappa shape index (κ1) is 16.7. The molecular formula is C15H17N2O6S-. The van der Waals surface area contributed by atoms with Gasteiger partial charge in [-0.25, -0.2) is 13.2 Å². The van der Waals surface area contributed by atoms with Crippen LogP contribution in [0, 0.1) is 0 Å². The fraction of sp³-hybridized carbons (Fsp3) is 0.467. The number of hydrogen-bond donors (Lipinski definition) is 0. The van der Waals surface area contributed by atoms with Gasteiger partial charge >= 0.3 is 5.76 Å². The number of nitrogens with zero attached hydrogens (tertiary/aromatic N) is 2. The van der Waals surface area contributed by atoms with E-state index in [1.54, 1.807) is 0 Å². The minimum atomic E-state index is -3.70. The fourth-order valence-corrected chi connectivity index (χ4v) is 4.77. The number of piperidine rings is 1. The molecule has 1 aromatic carbocycles. The molecule has 3 rings (SSSR count). The van der Waals surface area contributed by atoms with Gasteiger partial charge in [-0.05, 0) is 31.9 Å². The Labute approximate surface area is 138 Å². The summed E-state index contributed by atoms with van der Waals surface area (Å²) in [4.78, 5) is 22.5. The number of rotatable bonds is 4. The van der Waals surface area contributed by atoms with Crippen molar-refractivity contribution in [3.8, 4) is 0 Å². The number of benzene rings is 1. The van der Waals surface area contributed by atoms with Gasteiger partial charge < -0.3 is 14.3 Å². The van der Waals surface area contributed by atoms with Crippen LogP contribution in [0.5, 0.6) is 0 Å². The molecule has 1 aliphatic heterocycles. The molecule has 2 aromatic rings. The van der Waals surface area contributed by atoms with Gasteiger partial charge in [0.1, 0.15) is 0 Å². The molecule has 1 fully saturated rings. The number of oxazole rings is 1. The molecule has 9 heteroatoms. The summed E-state index contributed by atoms with van der Waals surface area (Å²) in [5, 5.41) is 10.7. The molecule has 0 aliphatic carbocycles. The maximum absolute atomic E-state index is 12.8. The summed E-state index contributed by atoms with van der Waals surface area (Å²) in [6.07, 6.45) is 2.61. The highest BCUT2D eigenvalue weighted by Crippen LogP contribution is 2.27. The van der Waals surface area contributed by atoms with Crippen LogP contribution in [0.2, 0.25) is 0 Å². The molecule has 0 bridgehead atoms. The highest BCUT2D eigenvalue weighted by Gasteiger charge is 2.31. The van der Waals surface area contributed by atoms with Gasteiger partial charge in [0.15, 0.2) is 5.58 Å². The number of aromatic nitrogens is 1. The Balaban J connectivity index is 2.05. The zero-order chi connectivity index (χ0) is 17.5. The quantitative estimate of drug-likeness (QED) is 0.759. The van der Waals surface area contributed by atoms with Crippen LogP contribution in [0.3, 0.4) is 0 Å². The van der Waals surface area contributed by atoms with Gasteiger partial charge in [0.2, 0.25) is 10.0 Å². The number of carbonyl (C=O) groups is 1. The van der Waals surface area contributed by atoms with Crippen molar-refractivity contribution in [2.45, 2.75) is 43.7 Å². The molecular weight excluding hydrogens is 336 g/mol. The van der Waals surface area contributed by atoms with Crippen molar-refractivity contribution < 1.29 is 22.7 Å². The van der Waals surface area contributed by atoms with Gasteiger partial charge in [-0.2, -0.15) is 4.31 Å². The first-order valence-corrected chi connectivity index (χ1v) is 9.10. The van der Waals surface area contributed by atoms with E-state index in [9.17, 15) is 23.1 Å². The summed E-state index contributed by atoms with van der Waals surface area (Å²) in [5.74, 6) is -2.30. The van der Waals surface area contributed by atoms with E-state index in [1.165, 1.54) is 22.5 Å². The number of carboxylic acid groups (broad SMARTS) is 1. The number of carbonyl (C=O) groups excluding carboxylic acids is 1. The Bertz CT molecular complexity index is 943. The van der Waals surface area contributed by atoms with Gasteiger partial charge in [0, 0.05) is 18.7 Å². The zero-order valence-electron chi connectivity index (χ0n) is 13.1. The summed E-state index contributed by atoms with van der Waals surface area (Å²) in [7, 11) is -3.70. The molecule has 0 radical (unpaired) electrons. The van der Waals surface area contributed by atoms with E-state index in [1.807, 2.05) is 6.92 Å². The highest BCUT2D eigenvalue weighted by atomic mass is 32.2. The molecule has 1 aromatic heterocycles. The number of aliphatic carboxylic acids is 1. The molecule has 1 aliphatic rings. The van der Waals surface area contributed by atoms with E-state index < -0.39 is 28.3 Å². The molecule has 0 saturated carbocycles. The van der Waals surface area contributed by atoms with Gasteiger partial charge in [-0.3, -0.25) is 4.57 Å². The van der Waals surface area contributed by atoms with Gasteiger partial charge in [-0.15, -0.1) is 0 Å².